The molecule has 4 atom stereocenters. The van der Waals surface area contributed by atoms with E-state index in [4.69, 9.17) is 16.3 Å². The van der Waals surface area contributed by atoms with E-state index in [1.165, 1.54) is 6.33 Å². The van der Waals surface area contributed by atoms with Crippen molar-refractivity contribution < 1.29 is 20.1 Å². The number of nitrogens with one attached hydrogen (secondary N) is 1. The Kier molecular flexibility index (Phi) is 7.51. The fourth-order valence-corrected chi connectivity index (χ4v) is 3.57. The van der Waals surface area contributed by atoms with Crippen molar-refractivity contribution in [1.82, 2.24) is 19.9 Å². The molecule has 2 aromatic heterocycles. The molecular weight excluding hydrogens is 396 g/mol. The Labute approximate surface area is 173 Å². The number of halogens is 1. The van der Waals surface area contributed by atoms with Gasteiger partial charge < -0.3 is 25.0 Å². The molecule has 4 N–H and O–H groups in total. The highest BCUT2D eigenvalue weighted by Crippen LogP contribution is 2.36. The van der Waals surface area contributed by atoms with Crippen LogP contribution in [0.15, 0.2) is 36.9 Å². The number of aromatic nitrogens is 4. The summed E-state index contributed by atoms with van der Waals surface area (Å²) in [6, 6.07) is 6.89. The van der Waals surface area contributed by atoms with E-state index in [1.807, 2.05) is 0 Å². The number of fused-ring (bicyclic) bond motifs is 1. The zero-order chi connectivity index (χ0) is 20.8. The van der Waals surface area contributed by atoms with E-state index >= 15 is 0 Å². The molecule has 0 bridgehead atoms. The predicted octanol–water partition coefficient (Wildman–Crippen LogP) is 2.05. The van der Waals surface area contributed by atoms with Crippen LogP contribution in [0.25, 0.3) is 11.2 Å². The van der Waals surface area contributed by atoms with Crippen LogP contribution in [0.1, 0.15) is 30.2 Å². The quantitative estimate of drug-likeness (QED) is 0.497. The first-order valence-electron chi connectivity index (χ1n) is 9.42. The number of methoxy groups -OCH3 is 1. The van der Waals surface area contributed by atoms with Crippen LogP contribution in [0.3, 0.4) is 0 Å². The molecule has 4 rings (SSSR count). The molecule has 2 heterocycles. The molecule has 29 heavy (non-hydrogen) atoms. The van der Waals surface area contributed by atoms with Crippen molar-refractivity contribution in [3.63, 3.8) is 0 Å². The SMILES string of the molecule is COCCc1ncnc2nc[nH]c12.OC1CCC(C(O)c2ccc(Cl)cc2)C1O. The maximum Gasteiger partial charge on any atom is 0.180 e. The van der Waals surface area contributed by atoms with E-state index in [2.05, 4.69) is 19.9 Å². The number of aliphatic hydroxyl groups is 3. The van der Waals surface area contributed by atoms with Crippen molar-refractivity contribution >= 4 is 22.8 Å². The third-order valence-corrected chi connectivity index (χ3v) is 5.34. The summed E-state index contributed by atoms with van der Waals surface area (Å²) in [5, 5.41) is 29.8. The number of ether oxygens (including phenoxy) is 1. The zero-order valence-electron chi connectivity index (χ0n) is 16.1. The van der Waals surface area contributed by atoms with E-state index in [0.29, 0.717) is 30.1 Å². The van der Waals surface area contributed by atoms with Gasteiger partial charge in [-0.2, -0.15) is 0 Å². The fourth-order valence-electron chi connectivity index (χ4n) is 3.45. The second-order valence-electron chi connectivity index (χ2n) is 6.96. The van der Waals surface area contributed by atoms with E-state index in [9.17, 15) is 15.3 Å². The number of rotatable bonds is 5. The molecule has 1 aliphatic rings. The van der Waals surface area contributed by atoms with Gasteiger partial charge in [0.1, 0.15) is 11.8 Å². The lowest BCUT2D eigenvalue weighted by atomic mass is 9.92. The van der Waals surface area contributed by atoms with Gasteiger partial charge in [0, 0.05) is 24.5 Å². The van der Waals surface area contributed by atoms with Gasteiger partial charge in [-0.25, -0.2) is 15.0 Å². The molecule has 3 aromatic rings. The molecular formula is C20H25ClN4O4. The Balaban J connectivity index is 0.000000169. The summed E-state index contributed by atoms with van der Waals surface area (Å²) in [6.07, 6.45) is 2.78. The molecule has 1 aromatic carbocycles. The van der Waals surface area contributed by atoms with Crippen molar-refractivity contribution in [2.75, 3.05) is 13.7 Å². The zero-order valence-corrected chi connectivity index (χ0v) is 16.8. The number of hydrogen-bond donors (Lipinski definition) is 4. The van der Waals surface area contributed by atoms with Crippen LogP contribution in [-0.2, 0) is 11.2 Å². The van der Waals surface area contributed by atoms with Gasteiger partial charge in [-0.05, 0) is 30.5 Å². The van der Waals surface area contributed by atoms with Gasteiger partial charge in [0.2, 0.25) is 0 Å². The summed E-state index contributed by atoms with van der Waals surface area (Å²) in [7, 11) is 1.67. The highest BCUT2D eigenvalue weighted by Gasteiger charge is 2.38. The van der Waals surface area contributed by atoms with Gasteiger partial charge in [-0.3, -0.25) is 0 Å². The summed E-state index contributed by atoms with van der Waals surface area (Å²) in [5.74, 6) is -0.295. The lowest BCUT2D eigenvalue weighted by Crippen LogP contribution is -2.28. The first-order valence-corrected chi connectivity index (χ1v) is 9.80. The predicted molar refractivity (Wildman–Crippen MR) is 108 cm³/mol. The molecule has 156 valence electrons. The number of imidazole rings is 1. The van der Waals surface area contributed by atoms with Crippen molar-refractivity contribution in [3.8, 4) is 0 Å². The van der Waals surface area contributed by atoms with Crippen LogP contribution in [0.2, 0.25) is 5.02 Å². The summed E-state index contributed by atoms with van der Waals surface area (Å²) in [6.45, 7) is 0.658. The van der Waals surface area contributed by atoms with E-state index in [-0.39, 0.29) is 5.92 Å². The Bertz CT molecular complexity index is 905. The minimum Gasteiger partial charge on any atom is -0.390 e. The highest BCUT2D eigenvalue weighted by atomic mass is 35.5. The normalized spacial score (nSPS) is 22.3. The number of benzene rings is 1. The molecule has 1 aliphatic carbocycles. The van der Waals surface area contributed by atoms with Crippen LogP contribution in [0.4, 0.5) is 0 Å². The lowest BCUT2D eigenvalue weighted by molar-refractivity contribution is -0.0210. The van der Waals surface area contributed by atoms with Gasteiger partial charge in [-0.15, -0.1) is 0 Å². The second-order valence-corrected chi connectivity index (χ2v) is 7.40. The second kappa shape index (κ2) is 10.1. The van der Waals surface area contributed by atoms with Crippen molar-refractivity contribution in [1.29, 1.82) is 0 Å². The number of H-pyrrole nitrogens is 1. The average Bonchev–Trinajstić information content (AvgIpc) is 3.34. The standard InChI is InChI=1S/C12H15ClO3.C8H10N4O/c13-8-3-1-7(2-4-8)11(15)9-5-6-10(14)12(9)16;1-13-3-2-6-7-8(11-4-9-6)12-5-10-7/h1-4,9-12,14-16H,5-6H2;4-5H,2-3H2,1H3,(H,9,10,11,12). The Hall–Kier alpha value is -2.10. The van der Waals surface area contributed by atoms with Gasteiger partial charge in [0.05, 0.1) is 36.9 Å². The molecule has 0 aliphatic heterocycles. The highest BCUT2D eigenvalue weighted by molar-refractivity contribution is 6.30. The van der Waals surface area contributed by atoms with E-state index in [1.54, 1.807) is 37.7 Å². The number of aromatic amines is 1. The summed E-state index contributed by atoms with van der Waals surface area (Å²) in [5.41, 5.74) is 3.28. The molecule has 0 amide bonds. The largest absolute Gasteiger partial charge is 0.390 e. The molecule has 8 nitrogen and oxygen atoms in total. The van der Waals surface area contributed by atoms with Crippen molar-refractivity contribution in [3.05, 3.63) is 53.2 Å². The molecule has 9 heteroatoms. The van der Waals surface area contributed by atoms with Crippen LogP contribution >= 0.6 is 11.6 Å². The third kappa shape index (κ3) is 5.29. The molecule has 1 saturated carbocycles. The lowest BCUT2D eigenvalue weighted by Gasteiger charge is -2.22. The minimum absolute atomic E-state index is 0.295. The molecule has 1 fully saturated rings. The fraction of sp³-hybridized carbons (Fsp3) is 0.450. The van der Waals surface area contributed by atoms with Gasteiger partial charge in [-0.1, -0.05) is 23.7 Å². The Morgan fingerprint density at radius 1 is 1.17 bits per heavy atom. The summed E-state index contributed by atoms with van der Waals surface area (Å²) < 4.78 is 4.98. The summed E-state index contributed by atoms with van der Waals surface area (Å²) in [4.78, 5) is 15.2. The van der Waals surface area contributed by atoms with Crippen molar-refractivity contribution in [2.24, 2.45) is 5.92 Å². The molecule has 0 radical (unpaired) electrons. The smallest absolute Gasteiger partial charge is 0.180 e. The average molecular weight is 421 g/mol. The first-order chi connectivity index (χ1) is 14.0. The Morgan fingerprint density at radius 2 is 1.93 bits per heavy atom. The monoisotopic (exact) mass is 420 g/mol. The number of hydrogen-bond acceptors (Lipinski definition) is 7. The van der Waals surface area contributed by atoms with Crippen LogP contribution in [0, 0.1) is 5.92 Å². The van der Waals surface area contributed by atoms with Crippen molar-refractivity contribution in [2.45, 2.75) is 37.6 Å². The molecule has 0 spiro atoms. The van der Waals surface area contributed by atoms with Crippen LogP contribution < -0.4 is 0 Å². The number of aliphatic hydroxyl groups excluding tert-OH is 3. The van der Waals surface area contributed by atoms with E-state index in [0.717, 1.165) is 23.2 Å². The van der Waals surface area contributed by atoms with Gasteiger partial charge >= 0.3 is 0 Å². The molecule has 4 unspecified atom stereocenters. The first kappa shape index (κ1) is 21.6. The number of nitrogens with zero attached hydrogens (tertiary/aromatic N) is 3. The topological polar surface area (TPSA) is 124 Å². The summed E-state index contributed by atoms with van der Waals surface area (Å²) >= 11 is 5.76. The Morgan fingerprint density at radius 3 is 2.59 bits per heavy atom. The van der Waals surface area contributed by atoms with Gasteiger partial charge in [0.25, 0.3) is 0 Å². The third-order valence-electron chi connectivity index (χ3n) is 5.09. The maximum absolute atomic E-state index is 10.1. The van der Waals surface area contributed by atoms with Crippen LogP contribution in [-0.4, -0.2) is 61.2 Å². The maximum atomic E-state index is 10.1. The van der Waals surface area contributed by atoms with Gasteiger partial charge in [0.15, 0.2) is 5.65 Å². The van der Waals surface area contributed by atoms with Crippen LogP contribution in [0.5, 0.6) is 0 Å². The van der Waals surface area contributed by atoms with E-state index < -0.39 is 18.3 Å². The molecule has 0 saturated heterocycles. The minimum atomic E-state index is -0.842.